The Morgan fingerprint density at radius 1 is 1.00 bits per heavy atom. The maximum absolute atomic E-state index is 6.25. The molecule has 1 atom stereocenters. The lowest BCUT2D eigenvalue weighted by Gasteiger charge is -2.21. The Labute approximate surface area is 127 Å². The Kier molecular flexibility index (Phi) is 4.85. The smallest absolute Gasteiger partial charge is 0.0438 e. The molecule has 0 bridgehead atoms. The second-order valence-corrected chi connectivity index (χ2v) is 5.78. The van der Waals surface area contributed by atoms with Gasteiger partial charge >= 0.3 is 0 Å². The maximum Gasteiger partial charge on any atom is 0.0438 e. The molecule has 0 saturated carbocycles. The normalized spacial score (nSPS) is 12.4. The van der Waals surface area contributed by atoms with E-state index in [-0.39, 0.29) is 6.04 Å². The van der Waals surface area contributed by atoms with Crippen molar-refractivity contribution in [2.75, 3.05) is 7.05 Å². The van der Waals surface area contributed by atoms with Crippen molar-refractivity contribution in [2.24, 2.45) is 0 Å². The summed E-state index contributed by atoms with van der Waals surface area (Å²) in [7, 11) is 2.01. The predicted molar refractivity (Wildman–Crippen MR) is 87.6 cm³/mol. The summed E-state index contributed by atoms with van der Waals surface area (Å²) >= 11 is 6.25. The average Bonchev–Trinajstić information content (AvgIpc) is 2.42. The minimum Gasteiger partial charge on any atom is -0.313 e. The topological polar surface area (TPSA) is 12.0 Å². The lowest BCUT2D eigenvalue weighted by atomic mass is 9.91. The van der Waals surface area contributed by atoms with Crippen LogP contribution in [0.4, 0.5) is 0 Å². The minimum atomic E-state index is 0.286. The van der Waals surface area contributed by atoms with Gasteiger partial charge in [-0.1, -0.05) is 41.9 Å². The van der Waals surface area contributed by atoms with Gasteiger partial charge in [0.25, 0.3) is 0 Å². The number of nitrogens with one attached hydrogen (secondary N) is 1. The summed E-state index contributed by atoms with van der Waals surface area (Å²) in [6.07, 6.45) is 0.982. The zero-order valence-electron chi connectivity index (χ0n) is 12.6. The minimum absolute atomic E-state index is 0.286. The van der Waals surface area contributed by atoms with Gasteiger partial charge in [0, 0.05) is 11.1 Å². The van der Waals surface area contributed by atoms with Crippen LogP contribution in [-0.4, -0.2) is 7.05 Å². The summed E-state index contributed by atoms with van der Waals surface area (Å²) in [4.78, 5) is 0. The van der Waals surface area contributed by atoms with Crippen molar-refractivity contribution in [3.8, 4) is 0 Å². The van der Waals surface area contributed by atoms with Gasteiger partial charge < -0.3 is 5.32 Å². The summed E-state index contributed by atoms with van der Waals surface area (Å²) in [6, 6.07) is 12.9. The molecule has 0 aliphatic heterocycles. The fourth-order valence-corrected chi connectivity index (χ4v) is 2.93. The second-order valence-electron chi connectivity index (χ2n) is 5.37. The van der Waals surface area contributed by atoms with Crippen molar-refractivity contribution in [3.05, 3.63) is 69.2 Å². The van der Waals surface area contributed by atoms with Gasteiger partial charge in [0.1, 0.15) is 0 Å². The zero-order chi connectivity index (χ0) is 14.7. The second kappa shape index (κ2) is 6.43. The summed E-state index contributed by atoms with van der Waals surface area (Å²) in [5, 5.41) is 4.27. The van der Waals surface area contributed by atoms with Gasteiger partial charge in [-0.15, -0.1) is 0 Å². The molecule has 0 amide bonds. The molecule has 0 aliphatic carbocycles. The van der Waals surface area contributed by atoms with Crippen LogP contribution in [0, 0.1) is 20.8 Å². The van der Waals surface area contributed by atoms with Gasteiger partial charge in [-0.25, -0.2) is 0 Å². The first-order valence-electron chi connectivity index (χ1n) is 7.02. The van der Waals surface area contributed by atoms with Gasteiger partial charge in [-0.05, 0) is 68.1 Å². The first-order valence-corrected chi connectivity index (χ1v) is 7.39. The zero-order valence-corrected chi connectivity index (χ0v) is 13.4. The van der Waals surface area contributed by atoms with E-state index in [2.05, 4.69) is 50.4 Å². The Bertz CT molecular complexity index is 584. The Hall–Kier alpha value is -1.31. The number of hydrogen-bond acceptors (Lipinski definition) is 1. The van der Waals surface area contributed by atoms with Crippen LogP contribution in [0.3, 0.4) is 0 Å². The Morgan fingerprint density at radius 2 is 1.60 bits per heavy atom. The van der Waals surface area contributed by atoms with Crippen molar-refractivity contribution < 1.29 is 0 Å². The summed E-state index contributed by atoms with van der Waals surface area (Å²) < 4.78 is 0. The summed E-state index contributed by atoms with van der Waals surface area (Å²) in [6.45, 7) is 6.45. The van der Waals surface area contributed by atoms with Crippen molar-refractivity contribution in [3.63, 3.8) is 0 Å². The highest BCUT2D eigenvalue weighted by molar-refractivity contribution is 6.31. The quantitative estimate of drug-likeness (QED) is 0.854. The summed E-state index contributed by atoms with van der Waals surface area (Å²) in [5.74, 6) is 0. The van der Waals surface area contributed by atoms with Gasteiger partial charge in [-0.2, -0.15) is 0 Å². The molecule has 0 aromatic heterocycles. The molecule has 0 radical (unpaired) electrons. The van der Waals surface area contributed by atoms with E-state index >= 15 is 0 Å². The van der Waals surface area contributed by atoms with E-state index in [0.29, 0.717) is 0 Å². The van der Waals surface area contributed by atoms with Crippen molar-refractivity contribution in [1.29, 1.82) is 0 Å². The highest BCUT2D eigenvalue weighted by Crippen LogP contribution is 2.28. The monoisotopic (exact) mass is 287 g/mol. The van der Waals surface area contributed by atoms with Crippen molar-refractivity contribution >= 4 is 11.6 Å². The molecule has 0 heterocycles. The largest absolute Gasteiger partial charge is 0.313 e. The SMILES string of the molecule is CNC(Cc1c(C)cccc1C)c1cccc(Cl)c1C. The molecular weight excluding hydrogens is 266 g/mol. The molecule has 2 rings (SSSR count). The molecule has 20 heavy (non-hydrogen) atoms. The number of hydrogen-bond donors (Lipinski definition) is 1. The molecule has 0 aliphatic rings. The predicted octanol–water partition coefficient (Wildman–Crippen LogP) is 4.77. The van der Waals surface area contributed by atoms with Crippen LogP contribution < -0.4 is 5.32 Å². The average molecular weight is 288 g/mol. The molecule has 1 unspecified atom stereocenters. The van der Waals surface area contributed by atoms with Crippen LogP contribution in [-0.2, 0) is 6.42 Å². The van der Waals surface area contributed by atoms with E-state index < -0.39 is 0 Å². The molecule has 1 N–H and O–H groups in total. The molecule has 0 spiro atoms. The van der Waals surface area contributed by atoms with E-state index in [4.69, 9.17) is 11.6 Å². The molecule has 2 heteroatoms. The molecular formula is C18H22ClN. The highest BCUT2D eigenvalue weighted by Gasteiger charge is 2.16. The molecule has 1 nitrogen and oxygen atoms in total. The van der Waals surface area contributed by atoms with Gasteiger partial charge in [-0.3, -0.25) is 0 Å². The molecule has 106 valence electrons. The van der Waals surface area contributed by atoms with Crippen LogP contribution >= 0.6 is 11.6 Å². The molecule has 2 aromatic rings. The molecule has 0 fully saturated rings. The van der Waals surface area contributed by atoms with Gasteiger partial charge in [0.15, 0.2) is 0 Å². The lowest BCUT2D eigenvalue weighted by Crippen LogP contribution is -2.20. The van der Waals surface area contributed by atoms with E-state index in [1.54, 1.807) is 0 Å². The Balaban J connectivity index is 2.37. The lowest BCUT2D eigenvalue weighted by molar-refractivity contribution is 0.586. The fourth-order valence-electron chi connectivity index (χ4n) is 2.74. The standard InChI is InChI=1S/C18H22ClN/c1-12-7-5-8-13(2)16(12)11-18(20-4)15-9-6-10-17(19)14(15)3/h5-10,18,20H,11H2,1-4H3. The highest BCUT2D eigenvalue weighted by atomic mass is 35.5. The summed E-state index contributed by atoms with van der Waals surface area (Å²) in [5.41, 5.74) is 6.57. The third-order valence-electron chi connectivity index (χ3n) is 4.09. The van der Waals surface area contributed by atoms with Crippen LogP contribution in [0.25, 0.3) is 0 Å². The maximum atomic E-state index is 6.25. The van der Waals surface area contributed by atoms with Crippen LogP contribution in [0.1, 0.15) is 33.9 Å². The van der Waals surface area contributed by atoms with E-state index in [9.17, 15) is 0 Å². The van der Waals surface area contributed by atoms with E-state index in [0.717, 1.165) is 11.4 Å². The van der Waals surface area contributed by atoms with E-state index in [1.165, 1.54) is 27.8 Å². The molecule has 2 aromatic carbocycles. The third-order valence-corrected chi connectivity index (χ3v) is 4.50. The van der Waals surface area contributed by atoms with Crippen molar-refractivity contribution in [2.45, 2.75) is 33.2 Å². The first-order chi connectivity index (χ1) is 9.54. The van der Waals surface area contributed by atoms with Gasteiger partial charge in [0.2, 0.25) is 0 Å². The number of benzene rings is 2. The van der Waals surface area contributed by atoms with Crippen LogP contribution in [0.2, 0.25) is 5.02 Å². The molecule has 0 saturated heterocycles. The number of halogens is 1. The van der Waals surface area contributed by atoms with Crippen LogP contribution in [0.15, 0.2) is 36.4 Å². The number of likely N-dealkylation sites (N-methyl/N-ethyl adjacent to an activating group) is 1. The third kappa shape index (κ3) is 3.05. The van der Waals surface area contributed by atoms with Gasteiger partial charge in [0.05, 0.1) is 0 Å². The van der Waals surface area contributed by atoms with Crippen LogP contribution in [0.5, 0.6) is 0 Å². The number of rotatable bonds is 4. The fraction of sp³-hybridized carbons (Fsp3) is 0.333. The van der Waals surface area contributed by atoms with E-state index in [1.807, 2.05) is 19.2 Å². The van der Waals surface area contributed by atoms with Crippen molar-refractivity contribution in [1.82, 2.24) is 5.32 Å². The number of aryl methyl sites for hydroxylation is 2. The Morgan fingerprint density at radius 3 is 2.20 bits per heavy atom. The first kappa shape index (κ1) is 15.1.